The number of amides is 2. The van der Waals surface area contributed by atoms with Crippen molar-refractivity contribution in [2.45, 2.75) is 24.4 Å². The van der Waals surface area contributed by atoms with Crippen molar-refractivity contribution in [2.24, 2.45) is 4.99 Å². The summed E-state index contributed by atoms with van der Waals surface area (Å²) in [7, 11) is 1.53. The molecule has 0 aliphatic carbocycles. The van der Waals surface area contributed by atoms with Crippen molar-refractivity contribution in [2.75, 3.05) is 12.4 Å². The Kier molecular flexibility index (Phi) is 8.09. The van der Waals surface area contributed by atoms with E-state index in [1.54, 1.807) is 48.5 Å². The van der Waals surface area contributed by atoms with Crippen molar-refractivity contribution in [1.82, 2.24) is 4.90 Å². The topological polar surface area (TPSA) is 71.0 Å². The number of methoxy groups -OCH3 is 1. The van der Waals surface area contributed by atoms with Crippen LogP contribution >= 0.6 is 23.4 Å². The third-order valence-corrected chi connectivity index (χ3v) is 6.88. The molecular formula is C26H21ClF3N3O3S. The zero-order valence-corrected chi connectivity index (χ0v) is 21.0. The van der Waals surface area contributed by atoms with E-state index in [1.807, 2.05) is 0 Å². The third kappa shape index (κ3) is 6.84. The lowest BCUT2D eigenvalue weighted by molar-refractivity contribution is -0.137. The first kappa shape index (κ1) is 26.6. The van der Waals surface area contributed by atoms with Crippen molar-refractivity contribution >= 4 is 51.7 Å². The van der Waals surface area contributed by atoms with E-state index < -0.39 is 22.9 Å². The number of carbonyl (C=O) groups excluding carboxylic acids is 2. The molecule has 1 aliphatic rings. The zero-order chi connectivity index (χ0) is 26.6. The van der Waals surface area contributed by atoms with E-state index in [0.717, 1.165) is 29.5 Å². The molecule has 0 bridgehead atoms. The Morgan fingerprint density at radius 3 is 2.49 bits per heavy atom. The number of alkyl halides is 3. The summed E-state index contributed by atoms with van der Waals surface area (Å²) in [6, 6.07) is 18.0. The molecule has 192 valence electrons. The molecule has 0 radical (unpaired) electrons. The maximum Gasteiger partial charge on any atom is 0.416 e. The van der Waals surface area contributed by atoms with E-state index in [2.05, 4.69) is 10.3 Å². The molecule has 0 spiro atoms. The van der Waals surface area contributed by atoms with Crippen molar-refractivity contribution in [3.05, 3.63) is 88.9 Å². The average Bonchev–Trinajstić information content (AvgIpc) is 2.87. The van der Waals surface area contributed by atoms with E-state index in [4.69, 9.17) is 16.3 Å². The van der Waals surface area contributed by atoms with Crippen LogP contribution in [0, 0.1) is 0 Å². The Hall–Kier alpha value is -3.50. The molecule has 1 N–H and O–H groups in total. The molecule has 1 unspecified atom stereocenters. The lowest BCUT2D eigenvalue weighted by Crippen LogP contribution is -2.44. The van der Waals surface area contributed by atoms with Gasteiger partial charge in [0.05, 0.1) is 24.9 Å². The van der Waals surface area contributed by atoms with Gasteiger partial charge in [0.25, 0.3) is 0 Å². The summed E-state index contributed by atoms with van der Waals surface area (Å²) in [5.74, 6) is -0.186. The molecule has 1 heterocycles. The van der Waals surface area contributed by atoms with Crippen LogP contribution in [0.2, 0.25) is 5.02 Å². The van der Waals surface area contributed by atoms with Crippen molar-refractivity contribution < 1.29 is 27.5 Å². The molecule has 3 aromatic rings. The smallest absolute Gasteiger partial charge is 0.416 e. The molecule has 1 atom stereocenters. The summed E-state index contributed by atoms with van der Waals surface area (Å²) in [4.78, 5) is 31.9. The monoisotopic (exact) mass is 547 g/mol. The van der Waals surface area contributed by atoms with Crippen LogP contribution in [0.1, 0.15) is 17.5 Å². The van der Waals surface area contributed by atoms with Crippen LogP contribution in [0.25, 0.3) is 0 Å². The fourth-order valence-corrected chi connectivity index (χ4v) is 4.75. The highest BCUT2D eigenvalue weighted by atomic mass is 35.5. The highest BCUT2D eigenvalue weighted by molar-refractivity contribution is 8.15. The predicted octanol–water partition coefficient (Wildman–Crippen LogP) is 6.53. The molecule has 0 saturated carbocycles. The molecule has 6 nitrogen and oxygen atoms in total. The molecule has 0 aromatic heterocycles. The van der Waals surface area contributed by atoms with Crippen LogP contribution in [0.4, 0.5) is 24.5 Å². The second kappa shape index (κ2) is 11.3. The second-order valence-electron chi connectivity index (χ2n) is 8.08. The normalized spacial score (nSPS) is 17.1. The zero-order valence-electron chi connectivity index (χ0n) is 19.5. The first-order valence-corrected chi connectivity index (χ1v) is 12.3. The molecule has 1 saturated heterocycles. The number of benzene rings is 3. The van der Waals surface area contributed by atoms with Crippen molar-refractivity contribution in [1.29, 1.82) is 0 Å². The summed E-state index contributed by atoms with van der Waals surface area (Å²) in [6.45, 7) is 0.119. The van der Waals surface area contributed by atoms with Gasteiger partial charge in [-0.25, -0.2) is 4.99 Å². The fraction of sp³-hybridized carbons (Fsp3) is 0.192. The van der Waals surface area contributed by atoms with E-state index in [-0.39, 0.29) is 29.7 Å². The Labute approximate surface area is 220 Å². The molecule has 4 rings (SSSR count). The summed E-state index contributed by atoms with van der Waals surface area (Å²) in [5, 5.41) is 2.58. The van der Waals surface area contributed by atoms with Gasteiger partial charge in [-0.05, 0) is 60.2 Å². The lowest BCUT2D eigenvalue weighted by atomic mass is 10.2. The van der Waals surface area contributed by atoms with Gasteiger partial charge in [0.1, 0.15) is 11.0 Å². The summed E-state index contributed by atoms with van der Waals surface area (Å²) in [5.41, 5.74) is 0.414. The van der Waals surface area contributed by atoms with Crippen LogP contribution < -0.4 is 10.1 Å². The number of anilines is 1. The molecule has 11 heteroatoms. The highest BCUT2D eigenvalue weighted by Crippen LogP contribution is 2.34. The minimum absolute atomic E-state index is 0.0162. The molecule has 3 aromatic carbocycles. The number of amidine groups is 1. The molecular weight excluding hydrogens is 527 g/mol. The van der Waals surface area contributed by atoms with Crippen molar-refractivity contribution in [3.63, 3.8) is 0 Å². The predicted molar refractivity (Wildman–Crippen MR) is 138 cm³/mol. The molecule has 1 aliphatic heterocycles. The van der Waals surface area contributed by atoms with Gasteiger partial charge in [-0.3, -0.25) is 14.5 Å². The van der Waals surface area contributed by atoms with Gasteiger partial charge >= 0.3 is 6.18 Å². The van der Waals surface area contributed by atoms with Gasteiger partial charge in [-0.2, -0.15) is 13.2 Å². The summed E-state index contributed by atoms with van der Waals surface area (Å²) in [6.07, 6.45) is -4.66. The molecule has 37 heavy (non-hydrogen) atoms. The van der Waals surface area contributed by atoms with Crippen LogP contribution in [0.5, 0.6) is 5.75 Å². The number of carbonyl (C=O) groups is 2. The van der Waals surface area contributed by atoms with E-state index in [9.17, 15) is 22.8 Å². The maximum absolute atomic E-state index is 13.2. The number of nitrogens with zero attached hydrogens (tertiary/aromatic N) is 2. The van der Waals surface area contributed by atoms with E-state index >= 15 is 0 Å². The quantitative estimate of drug-likeness (QED) is 0.381. The van der Waals surface area contributed by atoms with Crippen LogP contribution in [0.15, 0.2) is 77.8 Å². The number of nitrogens with one attached hydrogen (secondary N) is 1. The van der Waals surface area contributed by atoms with E-state index in [0.29, 0.717) is 16.5 Å². The van der Waals surface area contributed by atoms with E-state index in [1.165, 1.54) is 24.1 Å². The molecule has 2 amide bonds. The Balaban J connectivity index is 1.62. The fourth-order valence-electron chi connectivity index (χ4n) is 3.53. The van der Waals surface area contributed by atoms with Crippen molar-refractivity contribution in [3.8, 4) is 5.75 Å². The maximum atomic E-state index is 13.2. The second-order valence-corrected chi connectivity index (χ2v) is 9.68. The summed E-state index contributed by atoms with van der Waals surface area (Å²) >= 11 is 6.98. The molecule has 1 fully saturated rings. The minimum Gasteiger partial charge on any atom is -0.497 e. The SMILES string of the molecule is COc1ccc(NC(=O)C2CC(=O)N(Cc3ccc(Cl)cc3)C(=Nc3cccc(C(F)(F)F)c3)S2)cc1. The first-order valence-electron chi connectivity index (χ1n) is 11.0. The van der Waals surface area contributed by atoms with Gasteiger partial charge in [0, 0.05) is 17.1 Å². The number of rotatable bonds is 6. The number of thioether (sulfide) groups is 1. The Morgan fingerprint density at radius 2 is 1.84 bits per heavy atom. The third-order valence-electron chi connectivity index (χ3n) is 5.44. The standard InChI is InChI=1S/C26H21ClF3N3O3S/c1-36-21-11-9-19(10-12-21)31-24(35)22-14-23(34)33(15-16-5-7-18(27)8-6-16)25(37-22)32-20-4-2-3-17(13-20)26(28,29)30/h2-13,22H,14-15H2,1H3,(H,31,35). The van der Waals surface area contributed by atoms with Gasteiger partial charge < -0.3 is 10.1 Å². The number of aliphatic imine (C=N–C) groups is 1. The van der Waals surface area contributed by atoms with Crippen LogP contribution in [-0.4, -0.2) is 34.2 Å². The average molecular weight is 548 g/mol. The first-order chi connectivity index (χ1) is 17.6. The Morgan fingerprint density at radius 1 is 1.14 bits per heavy atom. The van der Waals surface area contributed by atoms with Gasteiger partial charge in [0.15, 0.2) is 5.17 Å². The van der Waals surface area contributed by atoms with Crippen LogP contribution in [-0.2, 0) is 22.3 Å². The number of hydrogen-bond acceptors (Lipinski definition) is 5. The van der Waals surface area contributed by atoms with Gasteiger partial charge in [0.2, 0.25) is 11.8 Å². The number of ether oxygens (including phenoxy) is 1. The summed E-state index contributed by atoms with van der Waals surface area (Å²) < 4.78 is 44.8. The number of hydrogen-bond donors (Lipinski definition) is 1. The lowest BCUT2D eigenvalue weighted by Gasteiger charge is -2.32. The largest absolute Gasteiger partial charge is 0.497 e. The number of halogens is 4. The van der Waals surface area contributed by atoms with Crippen LogP contribution in [0.3, 0.4) is 0 Å². The Bertz CT molecular complexity index is 1320. The van der Waals surface area contributed by atoms with Gasteiger partial charge in [-0.15, -0.1) is 0 Å². The van der Waals surface area contributed by atoms with Gasteiger partial charge in [-0.1, -0.05) is 41.6 Å². The minimum atomic E-state index is -4.55. The highest BCUT2D eigenvalue weighted by Gasteiger charge is 2.36.